The summed E-state index contributed by atoms with van der Waals surface area (Å²) in [5.74, 6) is 0. The zero-order chi connectivity index (χ0) is 10.9. The highest BCUT2D eigenvalue weighted by Gasteiger charge is 2.15. The normalized spacial score (nSPS) is 15.4. The van der Waals surface area contributed by atoms with Crippen LogP contribution in [0.3, 0.4) is 0 Å². The van der Waals surface area contributed by atoms with E-state index >= 15 is 0 Å². The number of aliphatic hydroxyl groups excluding tert-OH is 2. The van der Waals surface area contributed by atoms with Crippen LogP contribution in [0, 0.1) is 0 Å². The molecule has 0 bridgehead atoms. The first-order chi connectivity index (χ1) is 6.62. The zero-order valence-electron chi connectivity index (χ0n) is 8.22. The third kappa shape index (κ3) is 8.62. The predicted molar refractivity (Wildman–Crippen MR) is 50.4 cm³/mol. The molecule has 0 aliphatic heterocycles. The van der Waals surface area contributed by atoms with Gasteiger partial charge in [-0.25, -0.2) is 0 Å². The average molecular weight is 228 g/mol. The maximum atomic E-state index is 11.3. The Morgan fingerprint density at radius 3 is 2.14 bits per heavy atom. The van der Waals surface area contributed by atoms with E-state index in [1.807, 2.05) is 0 Å². The van der Waals surface area contributed by atoms with Gasteiger partial charge in [0.05, 0.1) is 39.6 Å². The van der Waals surface area contributed by atoms with Crippen molar-refractivity contribution >= 4 is 7.60 Å². The van der Waals surface area contributed by atoms with E-state index in [1.54, 1.807) is 0 Å². The van der Waals surface area contributed by atoms with Crippen LogP contribution in [0.15, 0.2) is 0 Å². The first-order valence-corrected chi connectivity index (χ1v) is 6.27. The fourth-order valence-corrected chi connectivity index (χ4v) is 1.57. The number of aliphatic hydroxyl groups is 2. The fraction of sp³-hybridized carbons (Fsp3) is 1.00. The van der Waals surface area contributed by atoms with Crippen molar-refractivity contribution in [2.24, 2.45) is 0 Å². The Morgan fingerprint density at radius 1 is 1.00 bits per heavy atom. The van der Waals surface area contributed by atoms with Crippen LogP contribution in [0.5, 0.6) is 0 Å². The minimum Gasteiger partial charge on any atom is -0.394 e. The van der Waals surface area contributed by atoms with Crippen LogP contribution in [0.2, 0.25) is 0 Å². The van der Waals surface area contributed by atoms with Crippen LogP contribution in [0.1, 0.15) is 0 Å². The summed E-state index contributed by atoms with van der Waals surface area (Å²) in [4.78, 5) is 0. The van der Waals surface area contributed by atoms with E-state index in [4.69, 9.17) is 24.0 Å². The van der Waals surface area contributed by atoms with Crippen LogP contribution in [-0.4, -0.2) is 56.5 Å². The first kappa shape index (κ1) is 14.0. The standard InChI is InChI=1S/C7H17O6P/c1-14(10,12-5-3-9)13-7-6-11-4-2-8/h8-9H,2-7H2,1H3. The van der Waals surface area contributed by atoms with Gasteiger partial charge in [-0.3, -0.25) is 4.57 Å². The highest BCUT2D eigenvalue weighted by atomic mass is 31.2. The maximum absolute atomic E-state index is 11.3. The molecule has 0 spiro atoms. The van der Waals surface area contributed by atoms with Gasteiger partial charge in [-0.05, 0) is 0 Å². The van der Waals surface area contributed by atoms with Gasteiger partial charge in [0.1, 0.15) is 0 Å². The Bertz CT molecular complexity index is 174. The second-order valence-corrected chi connectivity index (χ2v) is 4.56. The lowest BCUT2D eigenvalue weighted by atomic mass is 10.7. The Balaban J connectivity index is 3.40. The lowest BCUT2D eigenvalue weighted by molar-refractivity contribution is 0.0643. The van der Waals surface area contributed by atoms with Crippen molar-refractivity contribution in [3.05, 3.63) is 0 Å². The van der Waals surface area contributed by atoms with Gasteiger partial charge in [-0.1, -0.05) is 0 Å². The monoisotopic (exact) mass is 228 g/mol. The van der Waals surface area contributed by atoms with Crippen molar-refractivity contribution in [2.45, 2.75) is 0 Å². The van der Waals surface area contributed by atoms with E-state index in [9.17, 15) is 4.57 Å². The number of hydrogen-bond donors (Lipinski definition) is 2. The molecule has 0 aliphatic carbocycles. The zero-order valence-corrected chi connectivity index (χ0v) is 9.11. The van der Waals surface area contributed by atoms with E-state index < -0.39 is 7.60 Å². The van der Waals surface area contributed by atoms with Gasteiger partial charge in [-0.2, -0.15) is 0 Å². The Morgan fingerprint density at radius 2 is 1.57 bits per heavy atom. The third-order valence-corrected chi connectivity index (χ3v) is 2.51. The molecule has 0 radical (unpaired) electrons. The van der Waals surface area contributed by atoms with E-state index in [2.05, 4.69) is 0 Å². The van der Waals surface area contributed by atoms with E-state index in [0.29, 0.717) is 0 Å². The van der Waals surface area contributed by atoms with Crippen LogP contribution in [-0.2, 0) is 18.3 Å². The molecule has 1 unspecified atom stereocenters. The molecule has 0 heterocycles. The van der Waals surface area contributed by atoms with Crippen molar-refractivity contribution in [3.8, 4) is 0 Å². The molecule has 0 aliphatic rings. The van der Waals surface area contributed by atoms with Crippen molar-refractivity contribution in [1.29, 1.82) is 0 Å². The lowest BCUT2D eigenvalue weighted by Crippen LogP contribution is -2.07. The molecule has 1 atom stereocenters. The summed E-state index contributed by atoms with van der Waals surface area (Å²) in [6.07, 6.45) is 0. The number of ether oxygens (including phenoxy) is 1. The molecule has 0 saturated carbocycles. The molecule has 0 amide bonds. The van der Waals surface area contributed by atoms with Gasteiger partial charge in [0.15, 0.2) is 0 Å². The largest absolute Gasteiger partial charge is 0.394 e. The summed E-state index contributed by atoms with van der Waals surface area (Å²) in [5, 5.41) is 16.8. The predicted octanol–water partition coefficient (Wildman–Crippen LogP) is -0.156. The van der Waals surface area contributed by atoms with Crippen molar-refractivity contribution in [2.75, 3.05) is 46.3 Å². The molecule has 0 rings (SSSR count). The Hall–Kier alpha value is 0.0300. The number of hydrogen-bond acceptors (Lipinski definition) is 6. The van der Waals surface area contributed by atoms with Gasteiger partial charge >= 0.3 is 7.60 Å². The summed E-state index contributed by atoms with van der Waals surface area (Å²) >= 11 is 0. The van der Waals surface area contributed by atoms with E-state index in [1.165, 1.54) is 6.66 Å². The molecule has 14 heavy (non-hydrogen) atoms. The molecule has 0 aromatic heterocycles. The molecule has 2 N–H and O–H groups in total. The fourth-order valence-electron chi connectivity index (χ4n) is 0.673. The van der Waals surface area contributed by atoms with Gasteiger partial charge < -0.3 is 24.0 Å². The minimum atomic E-state index is -3.06. The number of rotatable bonds is 9. The molecule has 0 fully saturated rings. The third-order valence-electron chi connectivity index (χ3n) is 1.21. The van der Waals surface area contributed by atoms with Crippen LogP contribution in [0.4, 0.5) is 0 Å². The summed E-state index contributed by atoms with van der Waals surface area (Å²) in [6.45, 7) is 1.70. The summed E-state index contributed by atoms with van der Waals surface area (Å²) in [7, 11) is -3.06. The van der Waals surface area contributed by atoms with Gasteiger partial charge in [0.2, 0.25) is 0 Å². The summed E-state index contributed by atoms with van der Waals surface area (Å²) in [6, 6.07) is 0. The summed E-state index contributed by atoms with van der Waals surface area (Å²) < 4.78 is 25.9. The molecule has 0 aromatic rings. The second-order valence-electron chi connectivity index (χ2n) is 2.50. The molecular weight excluding hydrogens is 211 g/mol. The maximum Gasteiger partial charge on any atom is 0.327 e. The summed E-state index contributed by atoms with van der Waals surface area (Å²) in [5.41, 5.74) is 0. The topological polar surface area (TPSA) is 85.2 Å². The van der Waals surface area contributed by atoms with Crippen molar-refractivity contribution in [1.82, 2.24) is 0 Å². The molecule has 7 heteroatoms. The average Bonchev–Trinajstić information content (AvgIpc) is 2.15. The van der Waals surface area contributed by atoms with Crippen molar-refractivity contribution in [3.63, 3.8) is 0 Å². The van der Waals surface area contributed by atoms with Crippen LogP contribution in [0.25, 0.3) is 0 Å². The molecule has 86 valence electrons. The van der Waals surface area contributed by atoms with Crippen LogP contribution >= 0.6 is 7.60 Å². The van der Waals surface area contributed by atoms with E-state index in [-0.39, 0.29) is 39.6 Å². The first-order valence-electron chi connectivity index (χ1n) is 4.28. The van der Waals surface area contributed by atoms with Gasteiger partial charge in [0.25, 0.3) is 0 Å². The van der Waals surface area contributed by atoms with Gasteiger partial charge in [-0.15, -0.1) is 0 Å². The molecule has 0 saturated heterocycles. The minimum absolute atomic E-state index is 0.00866. The SMILES string of the molecule is CP(=O)(OCCO)OCCOCCO. The molecular formula is C7H17O6P. The highest BCUT2D eigenvalue weighted by molar-refractivity contribution is 7.52. The molecule has 0 aromatic carbocycles. The van der Waals surface area contributed by atoms with Crippen molar-refractivity contribution < 1.29 is 28.6 Å². The van der Waals surface area contributed by atoms with Crippen LogP contribution < -0.4 is 0 Å². The second kappa shape index (κ2) is 8.35. The lowest BCUT2D eigenvalue weighted by Gasteiger charge is -2.13. The Kier molecular flexibility index (Phi) is 8.37. The quantitative estimate of drug-likeness (QED) is 0.421. The Labute approximate surface area is 83.3 Å². The van der Waals surface area contributed by atoms with Gasteiger partial charge in [0, 0.05) is 6.66 Å². The molecule has 6 nitrogen and oxygen atoms in total. The highest BCUT2D eigenvalue weighted by Crippen LogP contribution is 2.43. The van der Waals surface area contributed by atoms with E-state index in [0.717, 1.165) is 0 Å². The smallest absolute Gasteiger partial charge is 0.327 e.